The van der Waals surface area contributed by atoms with Crippen molar-refractivity contribution >= 4 is 12.1 Å². The molecule has 0 saturated carbocycles. The lowest BCUT2D eigenvalue weighted by molar-refractivity contribution is 0.0101. The zero-order valence-electron chi connectivity index (χ0n) is 17.2. The number of carbonyl (C=O) groups excluding carboxylic acids is 2. The van der Waals surface area contributed by atoms with E-state index in [0.29, 0.717) is 25.2 Å². The number of nitrogens with one attached hydrogen (secondary N) is 1. The van der Waals surface area contributed by atoms with Gasteiger partial charge in [0.05, 0.1) is 17.7 Å². The molecule has 1 fully saturated rings. The Kier molecular flexibility index (Phi) is 7.27. The van der Waals surface area contributed by atoms with E-state index in [4.69, 9.17) is 10.00 Å². The summed E-state index contributed by atoms with van der Waals surface area (Å²) >= 11 is 0. The van der Waals surface area contributed by atoms with Gasteiger partial charge in [0.2, 0.25) is 0 Å². The zero-order valence-corrected chi connectivity index (χ0v) is 17.2. The van der Waals surface area contributed by atoms with E-state index in [1.54, 1.807) is 29.0 Å². The van der Waals surface area contributed by atoms with Crippen molar-refractivity contribution in [2.75, 3.05) is 20.1 Å². The number of benzene rings is 1. The first-order chi connectivity index (χ1) is 13.2. The molecule has 0 unspecified atom stereocenters. The molecular formula is C21H30N4O3. The number of carbonyl (C=O) groups is 2. The van der Waals surface area contributed by atoms with E-state index in [1.165, 1.54) is 0 Å². The van der Waals surface area contributed by atoms with E-state index in [9.17, 15) is 9.59 Å². The van der Waals surface area contributed by atoms with Gasteiger partial charge in [-0.25, -0.2) is 9.59 Å². The number of nitrogens with zero attached hydrogens (tertiary/aromatic N) is 3. The standard InChI is InChI=1S/C21H30N4O3/c1-21(2,3)28-20(27)25-12-6-5-7-18(25)14-23-19(26)24(4)15-17-10-8-16(13-22)9-11-17/h8-11,18H,5-7,12,14-15H2,1-4H3,(H,23,26)/t18-/m0/s1. The maximum atomic E-state index is 12.5. The molecule has 0 aromatic heterocycles. The van der Waals surface area contributed by atoms with Crippen LogP contribution in [0.5, 0.6) is 0 Å². The largest absolute Gasteiger partial charge is 0.444 e. The second kappa shape index (κ2) is 9.45. The Balaban J connectivity index is 1.88. The lowest BCUT2D eigenvalue weighted by Crippen LogP contribution is -2.52. The Morgan fingerprint density at radius 1 is 1.29 bits per heavy atom. The van der Waals surface area contributed by atoms with E-state index in [0.717, 1.165) is 24.8 Å². The maximum absolute atomic E-state index is 12.5. The number of likely N-dealkylation sites (tertiary alicyclic amines) is 1. The fraction of sp³-hybridized carbons (Fsp3) is 0.571. The number of ether oxygens (including phenoxy) is 1. The molecule has 1 atom stereocenters. The molecule has 0 bridgehead atoms. The van der Waals surface area contributed by atoms with Gasteiger partial charge in [-0.05, 0) is 57.7 Å². The minimum absolute atomic E-state index is 0.0594. The van der Waals surface area contributed by atoms with E-state index in [2.05, 4.69) is 11.4 Å². The van der Waals surface area contributed by atoms with Crippen LogP contribution in [0.4, 0.5) is 9.59 Å². The molecule has 28 heavy (non-hydrogen) atoms. The van der Waals surface area contributed by atoms with Gasteiger partial charge >= 0.3 is 12.1 Å². The van der Waals surface area contributed by atoms with E-state index in [-0.39, 0.29) is 18.2 Å². The Morgan fingerprint density at radius 2 is 1.96 bits per heavy atom. The summed E-state index contributed by atoms with van der Waals surface area (Å²) in [5.41, 5.74) is 1.00. The van der Waals surface area contributed by atoms with Crippen molar-refractivity contribution < 1.29 is 14.3 Å². The van der Waals surface area contributed by atoms with Gasteiger partial charge in [0.25, 0.3) is 0 Å². The second-order valence-corrected chi connectivity index (χ2v) is 8.17. The smallest absolute Gasteiger partial charge is 0.410 e. The van der Waals surface area contributed by atoms with Crippen LogP contribution < -0.4 is 5.32 Å². The summed E-state index contributed by atoms with van der Waals surface area (Å²) in [6, 6.07) is 8.98. The van der Waals surface area contributed by atoms with Crippen molar-refractivity contribution in [1.29, 1.82) is 5.26 Å². The first kappa shape index (κ1) is 21.5. The molecule has 1 N–H and O–H groups in total. The summed E-state index contributed by atoms with van der Waals surface area (Å²) < 4.78 is 5.50. The lowest BCUT2D eigenvalue weighted by atomic mass is 10.0. The van der Waals surface area contributed by atoms with Gasteiger partial charge in [0.1, 0.15) is 5.60 Å². The fourth-order valence-electron chi connectivity index (χ4n) is 3.14. The molecule has 0 spiro atoms. The van der Waals surface area contributed by atoms with Gasteiger partial charge < -0.3 is 19.9 Å². The van der Waals surface area contributed by atoms with Crippen molar-refractivity contribution in [1.82, 2.24) is 15.1 Å². The Hall–Kier alpha value is -2.75. The summed E-state index contributed by atoms with van der Waals surface area (Å²) in [6.07, 6.45) is 2.50. The highest BCUT2D eigenvalue weighted by Gasteiger charge is 2.30. The number of hydrogen-bond donors (Lipinski definition) is 1. The van der Waals surface area contributed by atoms with Crippen LogP contribution in [-0.4, -0.2) is 53.7 Å². The van der Waals surface area contributed by atoms with Crippen molar-refractivity contribution in [3.8, 4) is 6.07 Å². The summed E-state index contributed by atoms with van der Waals surface area (Å²) in [5, 5.41) is 11.8. The van der Waals surface area contributed by atoms with Crippen molar-refractivity contribution in [3.63, 3.8) is 0 Å². The third kappa shape index (κ3) is 6.45. The number of amides is 3. The molecule has 7 nitrogen and oxygen atoms in total. The van der Waals surface area contributed by atoms with Crippen LogP contribution in [0, 0.1) is 11.3 Å². The SMILES string of the molecule is CN(Cc1ccc(C#N)cc1)C(=O)NC[C@@H]1CCCCN1C(=O)OC(C)(C)C. The monoisotopic (exact) mass is 386 g/mol. The molecule has 7 heteroatoms. The summed E-state index contributed by atoms with van der Waals surface area (Å²) in [5.74, 6) is 0. The fourth-order valence-corrected chi connectivity index (χ4v) is 3.14. The molecule has 1 aliphatic rings. The molecule has 0 aliphatic carbocycles. The molecule has 2 rings (SSSR count). The van der Waals surface area contributed by atoms with Crippen LogP contribution in [0.15, 0.2) is 24.3 Å². The lowest BCUT2D eigenvalue weighted by Gasteiger charge is -2.37. The minimum atomic E-state index is -0.538. The van der Waals surface area contributed by atoms with Gasteiger partial charge in [0.15, 0.2) is 0 Å². The Bertz CT molecular complexity index is 719. The average Bonchev–Trinajstić information content (AvgIpc) is 2.65. The second-order valence-electron chi connectivity index (χ2n) is 8.17. The molecule has 1 aliphatic heterocycles. The Morgan fingerprint density at radius 3 is 2.57 bits per heavy atom. The van der Waals surface area contributed by atoms with Crippen LogP contribution in [0.2, 0.25) is 0 Å². The van der Waals surface area contributed by atoms with E-state index < -0.39 is 5.60 Å². The highest BCUT2D eigenvalue weighted by molar-refractivity contribution is 5.74. The first-order valence-electron chi connectivity index (χ1n) is 9.67. The highest BCUT2D eigenvalue weighted by atomic mass is 16.6. The predicted octanol–water partition coefficient (Wildman–Crippen LogP) is 3.49. The predicted molar refractivity (Wildman–Crippen MR) is 107 cm³/mol. The van der Waals surface area contributed by atoms with Gasteiger partial charge in [-0.1, -0.05) is 12.1 Å². The average molecular weight is 386 g/mol. The van der Waals surface area contributed by atoms with E-state index >= 15 is 0 Å². The third-order valence-electron chi connectivity index (χ3n) is 4.59. The van der Waals surface area contributed by atoms with Crippen LogP contribution in [0.1, 0.15) is 51.2 Å². The quantitative estimate of drug-likeness (QED) is 0.858. The maximum Gasteiger partial charge on any atom is 0.410 e. The molecule has 0 radical (unpaired) electrons. The molecular weight excluding hydrogens is 356 g/mol. The molecule has 1 aromatic carbocycles. The molecule has 152 valence electrons. The summed E-state index contributed by atoms with van der Waals surface area (Å²) in [6.45, 7) is 7.04. The van der Waals surface area contributed by atoms with Crippen LogP contribution in [0.25, 0.3) is 0 Å². The van der Waals surface area contributed by atoms with Gasteiger partial charge in [-0.2, -0.15) is 5.26 Å². The molecule has 3 amide bonds. The number of piperidine rings is 1. The normalized spacial score (nSPS) is 16.8. The summed E-state index contributed by atoms with van der Waals surface area (Å²) in [7, 11) is 1.72. The third-order valence-corrected chi connectivity index (χ3v) is 4.59. The van der Waals surface area contributed by atoms with Gasteiger partial charge in [0, 0.05) is 26.7 Å². The zero-order chi connectivity index (χ0) is 20.7. The van der Waals surface area contributed by atoms with Crippen LogP contribution in [-0.2, 0) is 11.3 Å². The van der Waals surface area contributed by atoms with Crippen molar-refractivity contribution in [2.45, 2.75) is 58.2 Å². The molecule has 1 aromatic rings. The molecule has 1 saturated heterocycles. The summed E-state index contributed by atoms with van der Waals surface area (Å²) in [4.78, 5) is 28.2. The topological polar surface area (TPSA) is 85.7 Å². The molecule has 1 heterocycles. The van der Waals surface area contributed by atoms with Crippen LogP contribution in [0.3, 0.4) is 0 Å². The van der Waals surface area contributed by atoms with Gasteiger partial charge in [-0.15, -0.1) is 0 Å². The van der Waals surface area contributed by atoms with Crippen molar-refractivity contribution in [2.24, 2.45) is 0 Å². The van der Waals surface area contributed by atoms with Crippen LogP contribution >= 0.6 is 0 Å². The van der Waals surface area contributed by atoms with Crippen molar-refractivity contribution in [3.05, 3.63) is 35.4 Å². The van der Waals surface area contributed by atoms with Gasteiger partial charge in [-0.3, -0.25) is 0 Å². The minimum Gasteiger partial charge on any atom is -0.444 e. The Labute approximate surface area is 167 Å². The number of nitriles is 1. The first-order valence-corrected chi connectivity index (χ1v) is 9.67. The number of hydrogen-bond acceptors (Lipinski definition) is 4. The highest BCUT2D eigenvalue weighted by Crippen LogP contribution is 2.20. The number of urea groups is 1. The number of rotatable bonds is 4. The van der Waals surface area contributed by atoms with E-state index in [1.807, 2.05) is 32.9 Å².